The molecule has 0 aliphatic heterocycles. The Balaban J connectivity index is 1.92. The van der Waals surface area contributed by atoms with Crippen LogP contribution in [0.1, 0.15) is 30.0 Å². The van der Waals surface area contributed by atoms with Crippen LogP contribution in [0, 0.1) is 0 Å². The molecule has 1 aromatic heterocycles. The molecule has 0 unspecified atom stereocenters. The average Bonchev–Trinajstić information content (AvgIpc) is 3.23. The number of aromatic nitrogens is 2. The van der Waals surface area contributed by atoms with Gasteiger partial charge >= 0.3 is 0 Å². The zero-order valence-corrected chi connectivity index (χ0v) is 11.0. The lowest BCUT2D eigenvalue weighted by Gasteiger charge is -2.06. The minimum absolute atomic E-state index is 0.549. The first kappa shape index (κ1) is 12.1. The minimum Gasteiger partial charge on any atom is -0.384 e. The molecule has 0 atom stereocenters. The summed E-state index contributed by atoms with van der Waals surface area (Å²) < 4.78 is 5.10. The monoisotopic (exact) mass is 255 g/mol. The molecule has 1 fully saturated rings. The van der Waals surface area contributed by atoms with Gasteiger partial charge in [-0.05, 0) is 18.4 Å². The normalized spacial score (nSPS) is 14.6. The molecule has 1 saturated carbocycles. The SMILES string of the molecule is COCc1ccc(-c2nc(N)cc(C3CC3)n2)cc1. The van der Waals surface area contributed by atoms with Gasteiger partial charge in [0, 0.05) is 30.4 Å². The van der Waals surface area contributed by atoms with Crippen LogP contribution in [-0.4, -0.2) is 17.1 Å². The number of nitrogens with zero attached hydrogens (tertiary/aromatic N) is 2. The fourth-order valence-electron chi connectivity index (χ4n) is 2.12. The van der Waals surface area contributed by atoms with Crippen molar-refractivity contribution in [1.29, 1.82) is 0 Å². The van der Waals surface area contributed by atoms with Crippen molar-refractivity contribution in [3.8, 4) is 11.4 Å². The van der Waals surface area contributed by atoms with E-state index in [9.17, 15) is 0 Å². The highest BCUT2D eigenvalue weighted by Crippen LogP contribution is 2.39. The highest BCUT2D eigenvalue weighted by atomic mass is 16.5. The summed E-state index contributed by atoms with van der Waals surface area (Å²) in [5, 5.41) is 0. The van der Waals surface area contributed by atoms with Crippen molar-refractivity contribution in [2.75, 3.05) is 12.8 Å². The van der Waals surface area contributed by atoms with Crippen molar-refractivity contribution >= 4 is 5.82 Å². The molecule has 0 radical (unpaired) electrons. The summed E-state index contributed by atoms with van der Waals surface area (Å²) in [5.41, 5.74) is 9.07. The van der Waals surface area contributed by atoms with E-state index >= 15 is 0 Å². The Morgan fingerprint density at radius 1 is 1.21 bits per heavy atom. The number of anilines is 1. The van der Waals surface area contributed by atoms with Crippen molar-refractivity contribution in [3.05, 3.63) is 41.6 Å². The Labute approximate surface area is 112 Å². The number of nitrogen functional groups attached to an aromatic ring is 1. The molecule has 2 aromatic rings. The van der Waals surface area contributed by atoms with Crippen LogP contribution in [-0.2, 0) is 11.3 Å². The van der Waals surface area contributed by atoms with Gasteiger partial charge in [-0.15, -0.1) is 0 Å². The lowest BCUT2D eigenvalue weighted by molar-refractivity contribution is 0.185. The fourth-order valence-corrected chi connectivity index (χ4v) is 2.12. The number of benzene rings is 1. The Morgan fingerprint density at radius 3 is 2.58 bits per heavy atom. The van der Waals surface area contributed by atoms with E-state index in [2.05, 4.69) is 9.97 Å². The van der Waals surface area contributed by atoms with E-state index in [-0.39, 0.29) is 0 Å². The zero-order valence-electron chi connectivity index (χ0n) is 11.0. The van der Waals surface area contributed by atoms with E-state index in [0.29, 0.717) is 24.2 Å². The topological polar surface area (TPSA) is 61.0 Å². The van der Waals surface area contributed by atoms with Gasteiger partial charge in [-0.2, -0.15) is 0 Å². The van der Waals surface area contributed by atoms with Crippen LogP contribution in [0.2, 0.25) is 0 Å². The summed E-state index contributed by atoms with van der Waals surface area (Å²) in [4.78, 5) is 8.94. The van der Waals surface area contributed by atoms with E-state index < -0.39 is 0 Å². The van der Waals surface area contributed by atoms with Crippen molar-refractivity contribution < 1.29 is 4.74 Å². The highest BCUT2D eigenvalue weighted by molar-refractivity contribution is 5.57. The molecule has 98 valence electrons. The molecule has 0 spiro atoms. The second-order valence-corrected chi connectivity index (χ2v) is 4.95. The maximum Gasteiger partial charge on any atom is 0.161 e. The van der Waals surface area contributed by atoms with Gasteiger partial charge in [0.25, 0.3) is 0 Å². The molecule has 0 bridgehead atoms. The average molecular weight is 255 g/mol. The number of rotatable bonds is 4. The first-order valence-corrected chi connectivity index (χ1v) is 6.49. The molecule has 1 aliphatic rings. The molecule has 19 heavy (non-hydrogen) atoms. The molecule has 2 N–H and O–H groups in total. The Bertz CT molecular complexity index is 576. The maximum atomic E-state index is 5.87. The van der Waals surface area contributed by atoms with Crippen LogP contribution >= 0.6 is 0 Å². The molecule has 4 nitrogen and oxygen atoms in total. The van der Waals surface area contributed by atoms with Crippen molar-refractivity contribution in [1.82, 2.24) is 9.97 Å². The molecule has 1 aliphatic carbocycles. The summed E-state index contributed by atoms with van der Waals surface area (Å²) in [5.74, 6) is 1.84. The highest BCUT2D eigenvalue weighted by Gasteiger charge is 2.26. The Hall–Kier alpha value is -1.94. The smallest absolute Gasteiger partial charge is 0.161 e. The lowest BCUT2D eigenvalue weighted by atomic mass is 10.1. The molecular weight excluding hydrogens is 238 g/mol. The summed E-state index contributed by atoms with van der Waals surface area (Å²) in [7, 11) is 1.69. The number of nitrogens with two attached hydrogens (primary N) is 1. The third kappa shape index (κ3) is 2.74. The Kier molecular flexibility index (Phi) is 3.17. The fraction of sp³-hybridized carbons (Fsp3) is 0.333. The first-order chi connectivity index (χ1) is 9.26. The van der Waals surface area contributed by atoms with E-state index in [0.717, 1.165) is 16.8 Å². The first-order valence-electron chi connectivity index (χ1n) is 6.49. The van der Waals surface area contributed by atoms with Crippen molar-refractivity contribution in [2.24, 2.45) is 0 Å². The quantitative estimate of drug-likeness (QED) is 0.912. The molecule has 0 amide bonds. The molecule has 4 heteroatoms. The second-order valence-electron chi connectivity index (χ2n) is 4.95. The van der Waals surface area contributed by atoms with Gasteiger partial charge in [0.05, 0.1) is 6.61 Å². The standard InChI is InChI=1S/C15H17N3O/c1-19-9-10-2-4-12(5-3-10)15-17-13(11-6-7-11)8-14(16)18-15/h2-5,8,11H,6-7,9H2,1H3,(H2,16,17,18). The van der Waals surface area contributed by atoms with Gasteiger partial charge < -0.3 is 10.5 Å². The largest absolute Gasteiger partial charge is 0.384 e. The summed E-state index contributed by atoms with van der Waals surface area (Å²) in [6, 6.07) is 9.98. The van der Waals surface area contributed by atoms with Crippen molar-refractivity contribution in [2.45, 2.75) is 25.4 Å². The molecule has 3 rings (SSSR count). The lowest BCUT2D eigenvalue weighted by Crippen LogP contribution is -1.99. The summed E-state index contributed by atoms with van der Waals surface area (Å²) in [6.07, 6.45) is 2.42. The molecule has 0 saturated heterocycles. The third-order valence-electron chi connectivity index (χ3n) is 3.28. The van der Waals surface area contributed by atoms with Gasteiger partial charge in [0.15, 0.2) is 5.82 Å². The maximum absolute atomic E-state index is 5.87. The van der Waals surface area contributed by atoms with Gasteiger partial charge in [0.1, 0.15) is 5.82 Å². The predicted molar refractivity (Wildman–Crippen MR) is 74.6 cm³/mol. The van der Waals surface area contributed by atoms with Gasteiger partial charge in [0.2, 0.25) is 0 Å². The van der Waals surface area contributed by atoms with Crippen molar-refractivity contribution in [3.63, 3.8) is 0 Å². The summed E-state index contributed by atoms with van der Waals surface area (Å²) >= 11 is 0. The number of hydrogen-bond donors (Lipinski definition) is 1. The second kappa shape index (κ2) is 4.97. The van der Waals surface area contributed by atoms with E-state index in [1.165, 1.54) is 12.8 Å². The molecular formula is C15H17N3O. The predicted octanol–water partition coefficient (Wildman–Crippen LogP) is 2.75. The van der Waals surface area contributed by atoms with Gasteiger partial charge in [-0.3, -0.25) is 0 Å². The third-order valence-corrected chi connectivity index (χ3v) is 3.28. The number of methoxy groups -OCH3 is 1. The van der Waals surface area contributed by atoms with Crippen LogP contribution < -0.4 is 5.73 Å². The minimum atomic E-state index is 0.549. The molecule has 1 heterocycles. The van der Waals surface area contributed by atoms with E-state index in [1.807, 2.05) is 30.3 Å². The van der Waals surface area contributed by atoms with Gasteiger partial charge in [-0.25, -0.2) is 9.97 Å². The Morgan fingerprint density at radius 2 is 1.95 bits per heavy atom. The van der Waals surface area contributed by atoms with Crippen LogP contribution in [0.4, 0.5) is 5.82 Å². The molecule has 1 aromatic carbocycles. The van der Waals surface area contributed by atoms with Crippen LogP contribution in [0.5, 0.6) is 0 Å². The van der Waals surface area contributed by atoms with Crippen LogP contribution in [0.3, 0.4) is 0 Å². The zero-order chi connectivity index (χ0) is 13.2. The van der Waals surface area contributed by atoms with Gasteiger partial charge in [-0.1, -0.05) is 24.3 Å². The van der Waals surface area contributed by atoms with Crippen LogP contribution in [0.25, 0.3) is 11.4 Å². The van der Waals surface area contributed by atoms with E-state index in [1.54, 1.807) is 7.11 Å². The number of hydrogen-bond acceptors (Lipinski definition) is 4. The van der Waals surface area contributed by atoms with Crippen LogP contribution in [0.15, 0.2) is 30.3 Å². The van der Waals surface area contributed by atoms with E-state index in [4.69, 9.17) is 10.5 Å². The number of ether oxygens (including phenoxy) is 1. The summed E-state index contributed by atoms with van der Waals surface area (Å²) in [6.45, 7) is 0.616.